The van der Waals surface area contributed by atoms with Gasteiger partial charge in [0, 0.05) is 12.5 Å². The summed E-state index contributed by atoms with van der Waals surface area (Å²) in [6.45, 7) is 0. The monoisotopic (exact) mass is 196 g/mol. The second kappa shape index (κ2) is 6.35. The molecule has 0 amide bonds. The summed E-state index contributed by atoms with van der Waals surface area (Å²) in [7, 11) is 0. The lowest BCUT2D eigenvalue weighted by Crippen LogP contribution is -2.09. The second-order valence-corrected chi connectivity index (χ2v) is 3.50. The van der Waals surface area contributed by atoms with Crippen molar-refractivity contribution in [3.8, 4) is 0 Å². The van der Waals surface area contributed by atoms with Crippen LogP contribution in [0.3, 0.4) is 0 Å². The van der Waals surface area contributed by atoms with Crippen molar-refractivity contribution in [3.63, 3.8) is 0 Å². The Bertz CT molecular complexity index is 231. The van der Waals surface area contributed by atoms with E-state index < -0.39 is 11.9 Å². The van der Waals surface area contributed by atoms with Crippen LogP contribution in [0.2, 0.25) is 0 Å². The Kier molecular flexibility index (Phi) is 4.97. The first-order valence-electron chi connectivity index (χ1n) is 5.20. The molecule has 1 heterocycles. The van der Waals surface area contributed by atoms with Crippen LogP contribution >= 0.6 is 0 Å². The van der Waals surface area contributed by atoms with Crippen LogP contribution in [0, 0.1) is 0 Å². The lowest BCUT2D eigenvalue weighted by Gasteiger charge is -2.02. The highest BCUT2D eigenvalue weighted by Gasteiger charge is 2.07. The van der Waals surface area contributed by atoms with Gasteiger partial charge >= 0.3 is 11.9 Å². The van der Waals surface area contributed by atoms with Crippen molar-refractivity contribution >= 4 is 11.9 Å². The molecule has 0 aromatic rings. The highest BCUT2D eigenvalue weighted by atomic mass is 16.6. The average Bonchev–Trinajstić information content (AvgIpc) is 2.13. The fourth-order valence-electron chi connectivity index (χ4n) is 1.44. The Hall–Kier alpha value is -1.12. The summed E-state index contributed by atoms with van der Waals surface area (Å²) >= 11 is 0. The number of allylic oxidation sites excluding steroid dienone is 1. The molecule has 0 aromatic carbocycles. The minimum Gasteiger partial charge on any atom is -0.390 e. The zero-order valence-corrected chi connectivity index (χ0v) is 8.33. The molecule has 0 radical (unpaired) electrons. The van der Waals surface area contributed by atoms with Gasteiger partial charge in [0.2, 0.25) is 0 Å². The predicted molar refractivity (Wildman–Crippen MR) is 52.6 cm³/mol. The molecule has 3 heteroatoms. The lowest BCUT2D eigenvalue weighted by molar-refractivity contribution is -0.156. The van der Waals surface area contributed by atoms with E-state index >= 15 is 0 Å². The summed E-state index contributed by atoms with van der Waals surface area (Å²) in [5.41, 5.74) is 0. The zero-order chi connectivity index (χ0) is 10.2. The maximum absolute atomic E-state index is 11.0. The van der Waals surface area contributed by atoms with Crippen LogP contribution in [-0.2, 0) is 14.3 Å². The van der Waals surface area contributed by atoms with Gasteiger partial charge in [0.25, 0.3) is 0 Å². The Labute approximate surface area is 84.1 Å². The molecule has 0 saturated carbocycles. The van der Waals surface area contributed by atoms with E-state index in [1.165, 1.54) is 12.5 Å². The number of esters is 2. The van der Waals surface area contributed by atoms with Crippen molar-refractivity contribution in [1.82, 2.24) is 0 Å². The smallest absolute Gasteiger partial charge is 0.338 e. The van der Waals surface area contributed by atoms with E-state index in [1.807, 2.05) is 0 Å². The van der Waals surface area contributed by atoms with Crippen molar-refractivity contribution < 1.29 is 14.3 Å². The largest absolute Gasteiger partial charge is 0.390 e. The van der Waals surface area contributed by atoms with Crippen LogP contribution in [0.5, 0.6) is 0 Å². The van der Waals surface area contributed by atoms with E-state index in [0.29, 0.717) is 6.42 Å². The third-order valence-corrected chi connectivity index (χ3v) is 2.22. The van der Waals surface area contributed by atoms with E-state index in [1.54, 1.807) is 6.08 Å². The first kappa shape index (κ1) is 11.0. The molecule has 0 unspecified atom stereocenters. The Morgan fingerprint density at radius 3 is 2.57 bits per heavy atom. The van der Waals surface area contributed by atoms with Gasteiger partial charge < -0.3 is 4.74 Å². The summed E-state index contributed by atoms with van der Waals surface area (Å²) in [6.07, 6.45) is 9.70. The highest BCUT2D eigenvalue weighted by Crippen LogP contribution is 2.09. The molecular weight excluding hydrogens is 180 g/mol. The molecule has 14 heavy (non-hydrogen) atoms. The van der Waals surface area contributed by atoms with Gasteiger partial charge in [0.15, 0.2) is 0 Å². The van der Waals surface area contributed by atoms with Gasteiger partial charge in [-0.3, -0.25) is 4.79 Å². The van der Waals surface area contributed by atoms with Crippen molar-refractivity contribution in [2.75, 3.05) is 0 Å². The molecule has 3 nitrogen and oxygen atoms in total. The number of rotatable bonds is 0. The van der Waals surface area contributed by atoms with Crippen molar-refractivity contribution in [1.29, 1.82) is 0 Å². The molecule has 0 aromatic heterocycles. The normalized spacial score (nSPS) is 23.1. The quantitative estimate of drug-likeness (QED) is 0.441. The zero-order valence-electron chi connectivity index (χ0n) is 8.33. The molecule has 0 atom stereocenters. The third kappa shape index (κ3) is 4.80. The van der Waals surface area contributed by atoms with Crippen LogP contribution in [0.15, 0.2) is 12.2 Å². The lowest BCUT2D eigenvalue weighted by atomic mass is 10.1. The van der Waals surface area contributed by atoms with Crippen molar-refractivity contribution in [2.24, 2.45) is 0 Å². The van der Waals surface area contributed by atoms with Gasteiger partial charge in [0.05, 0.1) is 0 Å². The summed E-state index contributed by atoms with van der Waals surface area (Å²) in [5, 5.41) is 0. The topological polar surface area (TPSA) is 43.4 Å². The Morgan fingerprint density at radius 1 is 1.00 bits per heavy atom. The van der Waals surface area contributed by atoms with E-state index in [2.05, 4.69) is 4.74 Å². The van der Waals surface area contributed by atoms with Gasteiger partial charge in [-0.15, -0.1) is 0 Å². The van der Waals surface area contributed by atoms with Crippen molar-refractivity contribution in [3.05, 3.63) is 12.2 Å². The van der Waals surface area contributed by atoms with E-state index in [-0.39, 0.29) is 0 Å². The third-order valence-electron chi connectivity index (χ3n) is 2.22. The summed E-state index contributed by atoms with van der Waals surface area (Å²) in [4.78, 5) is 22.0. The van der Waals surface area contributed by atoms with Crippen LogP contribution in [0.1, 0.15) is 44.9 Å². The number of hydrogen-bond donors (Lipinski definition) is 0. The first-order chi connectivity index (χ1) is 6.79. The highest BCUT2D eigenvalue weighted by molar-refractivity contribution is 5.91. The SMILES string of the molecule is O=C1/C=C\CCCCCCCC(=O)O1. The van der Waals surface area contributed by atoms with Gasteiger partial charge in [-0.1, -0.05) is 25.3 Å². The number of carbonyl (C=O) groups excluding carboxylic acids is 2. The molecule has 0 bridgehead atoms. The number of hydrogen-bond acceptors (Lipinski definition) is 3. The molecule has 0 fully saturated rings. The molecule has 78 valence electrons. The predicted octanol–water partition coefficient (Wildman–Crippen LogP) is 2.36. The molecule has 1 rings (SSSR count). The van der Waals surface area contributed by atoms with E-state index in [4.69, 9.17) is 0 Å². The van der Waals surface area contributed by atoms with Crippen LogP contribution in [-0.4, -0.2) is 11.9 Å². The molecule has 0 spiro atoms. The summed E-state index contributed by atoms with van der Waals surface area (Å²) in [5.74, 6) is -0.934. The van der Waals surface area contributed by atoms with Crippen LogP contribution < -0.4 is 0 Å². The van der Waals surface area contributed by atoms with Gasteiger partial charge in [-0.05, 0) is 19.3 Å². The minimum atomic E-state index is -0.532. The standard InChI is InChI=1S/C11H16O3/c12-10-8-6-4-2-1-3-5-7-9-11(13)14-10/h6,8H,1-5,7,9H2/b8-6-. The fourth-order valence-corrected chi connectivity index (χ4v) is 1.44. The molecular formula is C11H16O3. The minimum absolute atomic E-state index is 0.361. The average molecular weight is 196 g/mol. The first-order valence-corrected chi connectivity index (χ1v) is 5.20. The number of ether oxygens (including phenoxy) is 1. The molecule has 1 aliphatic heterocycles. The molecule has 0 aliphatic carbocycles. The van der Waals surface area contributed by atoms with Crippen molar-refractivity contribution in [2.45, 2.75) is 44.9 Å². The molecule has 1 aliphatic rings. The van der Waals surface area contributed by atoms with Crippen LogP contribution in [0.25, 0.3) is 0 Å². The second-order valence-electron chi connectivity index (χ2n) is 3.50. The van der Waals surface area contributed by atoms with Crippen LogP contribution in [0.4, 0.5) is 0 Å². The number of carbonyl (C=O) groups is 2. The number of cyclic esters (lactones) is 2. The molecule has 0 saturated heterocycles. The molecule has 0 N–H and O–H groups in total. The van der Waals surface area contributed by atoms with Gasteiger partial charge in [-0.2, -0.15) is 0 Å². The summed E-state index contributed by atoms with van der Waals surface area (Å²) < 4.78 is 4.56. The van der Waals surface area contributed by atoms with E-state index in [9.17, 15) is 9.59 Å². The van der Waals surface area contributed by atoms with Gasteiger partial charge in [0.1, 0.15) is 0 Å². The maximum Gasteiger partial charge on any atom is 0.338 e. The van der Waals surface area contributed by atoms with E-state index in [0.717, 1.165) is 32.1 Å². The fraction of sp³-hybridized carbons (Fsp3) is 0.636. The van der Waals surface area contributed by atoms with Gasteiger partial charge in [-0.25, -0.2) is 4.79 Å². The Morgan fingerprint density at radius 2 is 1.71 bits per heavy atom. The maximum atomic E-state index is 11.0. The summed E-state index contributed by atoms with van der Waals surface area (Å²) in [6, 6.07) is 0. The Balaban J connectivity index is 2.42.